The van der Waals surface area contributed by atoms with Gasteiger partial charge in [-0.3, -0.25) is 14.6 Å². The largest absolute Gasteiger partial charge is 0.333 e. The first kappa shape index (κ1) is 21.1. The lowest BCUT2D eigenvalue weighted by Gasteiger charge is -2.31. The van der Waals surface area contributed by atoms with E-state index >= 15 is 0 Å². The highest BCUT2D eigenvalue weighted by atomic mass is 16.2. The maximum absolute atomic E-state index is 14.1. The molecule has 1 amide bonds. The average molecular weight is 438 g/mol. The summed E-state index contributed by atoms with van der Waals surface area (Å²) in [6.07, 6.45) is 2.46. The van der Waals surface area contributed by atoms with E-state index in [0.717, 1.165) is 34.1 Å². The van der Waals surface area contributed by atoms with E-state index in [-0.39, 0.29) is 17.4 Å². The molecule has 1 aliphatic rings. The Labute approximate surface area is 193 Å². The van der Waals surface area contributed by atoms with Crippen LogP contribution < -0.4 is 5.56 Å². The van der Waals surface area contributed by atoms with Gasteiger partial charge in [0.25, 0.3) is 11.5 Å². The van der Waals surface area contributed by atoms with Gasteiger partial charge in [0.15, 0.2) is 0 Å². The fourth-order valence-corrected chi connectivity index (χ4v) is 4.71. The Morgan fingerprint density at radius 3 is 2.48 bits per heavy atom. The minimum atomic E-state index is -0.196. The number of nitrogens with zero attached hydrogens (tertiary/aromatic N) is 3. The lowest BCUT2D eigenvalue weighted by molar-refractivity contribution is 0.0687. The van der Waals surface area contributed by atoms with E-state index in [1.807, 2.05) is 78.6 Å². The predicted molar refractivity (Wildman–Crippen MR) is 131 cm³/mol. The molecule has 5 rings (SSSR count). The van der Waals surface area contributed by atoms with Gasteiger partial charge in [-0.25, -0.2) is 0 Å². The van der Waals surface area contributed by atoms with Gasteiger partial charge in [-0.2, -0.15) is 0 Å². The topological polar surface area (TPSA) is 55.2 Å². The summed E-state index contributed by atoms with van der Waals surface area (Å²) in [6.45, 7) is 5.85. The van der Waals surface area contributed by atoms with Crippen molar-refractivity contribution in [3.63, 3.8) is 0 Å². The molecule has 5 nitrogen and oxygen atoms in total. The maximum Gasteiger partial charge on any atom is 0.277 e. The Bertz CT molecular complexity index is 1370. The van der Waals surface area contributed by atoms with Crippen molar-refractivity contribution >= 4 is 16.8 Å². The molecule has 0 spiro atoms. The van der Waals surface area contributed by atoms with Crippen molar-refractivity contribution < 1.29 is 4.79 Å². The minimum Gasteiger partial charge on any atom is -0.333 e. The fourth-order valence-electron chi connectivity index (χ4n) is 4.71. The van der Waals surface area contributed by atoms with Gasteiger partial charge in [-0.15, -0.1) is 0 Å². The highest BCUT2D eigenvalue weighted by Gasteiger charge is 2.30. The molecule has 0 unspecified atom stereocenters. The molecule has 5 heteroatoms. The number of fused-ring (bicyclic) bond motifs is 2. The van der Waals surface area contributed by atoms with E-state index in [4.69, 9.17) is 0 Å². The number of hydrogen-bond donors (Lipinski definition) is 0. The van der Waals surface area contributed by atoms with Crippen molar-refractivity contribution in [3.05, 3.63) is 100 Å². The van der Waals surface area contributed by atoms with Crippen LogP contribution in [0.3, 0.4) is 0 Å². The van der Waals surface area contributed by atoms with Crippen LogP contribution in [0.15, 0.2) is 77.7 Å². The molecule has 0 bridgehead atoms. The number of hydrogen-bond acceptors (Lipinski definition) is 3. The molecular weight excluding hydrogens is 410 g/mol. The molecule has 2 aromatic heterocycles. The quantitative estimate of drug-likeness (QED) is 0.450. The summed E-state index contributed by atoms with van der Waals surface area (Å²) in [5.74, 6) is 0.170. The Balaban J connectivity index is 1.77. The Morgan fingerprint density at radius 1 is 0.970 bits per heavy atom. The zero-order valence-corrected chi connectivity index (χ0v) is 19.0. The molecule has 0 radical (unpaired) electrons. The lowest BCUT2D eigenvalue weighted by Crippen LogP contribution is -2.41. The van der Waals surface area contributed by atoms with Gasteiger partial charge in [0.05, 0.1) is 0 Å². The van der Waals surface area contributed by atoms with Crippen molar-refractivity contribution in [2.24, 2.45) is 5.92 Å². The summed E-state index contributed by atoms with van der Waals surface area (Å²) < 4.78 is 1.67. The summed E-state index contributed by atoms with van der Waals surface area (Å²) >= 11 is 0. The van der Waals surface area contributed by atoms with Gasteiger partial charge in [-0.1, -0.05) is 73.2 Å². The van der Waals surface area contributed by atoms with Crippen LogP contribution >= 0.6 is 0 Å². The molecule has 0 saturated carbocycles. The molecule has 3 heterocycles. The van der Waals surface area contributed by atoms with Gasteiger partial charge in [-0.05, 0) is 36.5 Å². The molecule has 0 saturated heterocycles. The first-order chi connectivity index (χ1) is 16.0. The number of carbonyl (C=O) groups excluding carboxylic acids is 1. The molecule has 0 aliphatic carbocycles. The van der Waals surface area contributed by atoms with Crippen LogP contribution in [-0.2, 0) is 13.1 Å². The number of amides is 1. The predicted octanol–water partition coefficient (Wildman–Crippen LogP) is 5.05. The zero-order chi connectivity index (χ0) is 22.9. The summed E-state index contributed by atoms with van der Waals surface area (Å²) in [6, 6.07) is 21.9. The average Bonchev–Trinajstić information content (AvgIpc) is 2.83. The van der Waals surface area contributed by atoms with E-state index in [0.29, 0.717) is 30.8 Å². The lowest BCUT2D eigenvalue weighted by atomic mass is 9.95. The van der Waals surface area contributed by atoms with Gasteiger partial charge in [0.2, 0.25) is 0 Å². The Hall–Kier alpha value is -3.73. The molecule has 1 atom stereocenters. The second-order valence-corrected chi connectivity index (χ2v) is 9.01. The molecule has 1 aliphatic heterocycles. The Kier molecular flexibility index (Phi) is 5.55. The SMILES string of the molecule is Cc1ccc(-c2c3n(c(=O)c4ncccc24)CC[C@H](C)CN(Cc2ccccc2)C3=O)cc1. The van der Waals surface area contributed by atoms with Crippen LogP contribution in [0.5, 0.6) is 0 Å². The molecule has 166 valence electrons. The van der Waals surface area contributed by atoms with E-state index in [1.54, 1.807) is 10.8 Å². The molecule has 33 heavy (non-hydrogen) atoms. The number of carbonyl (C=O) groups is 1. The van der Waals surface area contributed by atoms with Crippen molar-refractivity contribution in [1.82, 2.24) is 14.5 Å². The van der Waals surface area contributed by atoms with Crippen LogP contribution in [0, 0.1) is 12.8 Å². The highest BCUT2D eigenvalue weighted by Crippen LogP contribution is 2.33. The number of benzene rings is 2. The molecule has 0 N–H and O–H groups in total. The maximum atomic E-state index is 14.1. The van der Waals surface area contributed by atoms with Crippen LogP contribution in [0.1, 0.15) is 35.0 Å². The van der Waals surface area contributed by atoms with Gasteiger partial charge in [0, 0.05) is 36.8 Å². The van der Waals surface area contributed by atoms with Crippen molar-refractivity contribution in [2.45, 2.75) is 33.4 Å². The first-order valence-electron chi connectivity index (χ1n) is 11.4. The van der Waals surface area contributed by atoms with Crippen LogP contribution in [-0.4, -0.2) is 26.9 Å². The molecular formula is C28H27N3O2. The second-order valence-electron chi connectivity index (χ2n) is 9.01. The molecule has 2 aromatic carbocycles. The summed E-state index contributed by atoms with van der Waals surface area (Å²) in [4.78, 5) is 34.0. The Morgan fingerprint density at radius 2 is 1.73 bits per heavy atom. The van der Waals surface area contributed by atoms with E-state index < -0.39 is 0 Å². The van der Waals surface area contributed by atoms with Gasteiger partial charge < -0.3 is 9.47 Å². The zero-order valence-electron chi connectivity index (χ0n) is 19.0. The standard InChI is InChI=1S/C28H27N3O2/c1-19-10-12-22(13-11-19)24-23-9-6-15-29-25(23)27(32)31-16-14-20(2)17-30(28(33)26(24)31)18-21-7-4-3-5-8-21/h3-13,15,20H,14,16-18H2,1-2H3/t20-/m0/s1. The summed E-state index contributed by atoms with van der Waals surface area (Å²) in [7, 11) is 0. The monoisotopic (exact) mass is 437 g/mol. The fraction of sp³-hybridized carbons (Fsp3) is 0.250. The number of aryl methyl sites for hydroxylation is 1. The highest BCUT2D eigenvalue weighted by molar-refractivity contribution is 6.07. The minimum absolute atomic E-state index is 0.108. The van der Waals surface area contributed by atoms with Crippen LogP contribution in [0.25, 0.3) is 22.0 Å². The number of rotatable bonds is 3. The van der Waals surface area contributed by atoms with Crippen molar-refractivity contribution in [1.29, 1.82) is 0 Å². The first-order valence-corrected chi connectivity index (χ1v) is 11.4. The van der Waals surface area contributed by atoms with Crippen LogP contribution in [0.4, 0.5) is 0 Å². The van der Waals surface area contributed by atoms with Crippen molar-refractivity contribution in [2.75, 3.05) is 6.54 Å². The third-order valence-electron chi connectivity index (χ3n) is 6.46. The molecule has 4 aromatic rings. The van der Waals surface area contributed by atoms with E-state index in [9.17, 15) is 9.59 Å². The third-order valence-corrected chi connectivity index (χ3v) is 6.46. The normalized spacial score (nSPS) is 16.4. The molecule has 0 fully saturated rings. The second kappa shape index (κ2) is 8.66. The van der Waals surface area contributed by atoms with E-state index in [2.05, 4.69) is 11.9 Å². The van der Waals surface area contributed by atoms with E-state index in [1.165, 1.54) is 0 Å². The van der Waals surface area contributed by atoms with Gasteiger partial charge >= 0.3 is 0 Å². The smallest absolute Gasteiger partial charge is 0.277 e. The van der Waals surface area contributed by atoms with Crippen molar-refractivity contribution in [3.8, 4) is 11.1 Å². The van der Waals surface area contributed by atoms with Crippen LogP contribution in [0.2, 0.25) is 0 Å². The summed E-state index contributed by atoms with van der Waals surface area (Å²) in [5.41, 5.74) is 4.60. The number of aromatic nitrogens is 2. The van der Waals surface area contributed by atoms with Gasteiger partial charge in [0.1, 0.15) is 11.2 Å². The summed E-state index contributed by atoms with van der Waals surface area (Å²) in [5, 5.41) is 0.722. The third kappa shape index (κ3) is 3.95. The number of pyridine rings is 2.